The molecule has 0 saturated heterocycles. The van der Waals surface area contributed by atoms with Gasteiger partial charge >= 0.3 is 5.97 Å². The third-order valence-corrected chi connectivity index (χ3v) is 2.28. The summed E-state index contributed by atoms with van der Waals surface area (Å²) >= 11 is 0. The summed E-state index contributed by atoms with van der Waals surface area (Å²) in [6.07, 6.45) is -1.41. The van der Waals surface area contributed by atoms with Crippen molar-refractivity contribution in [2.45, 2.75) is 26.1 Å². The number of nitrogens with zero attached hydrogens (tertiary/aromatic N) is 1. The van der Waals surface area contributed by atoms with Crippen molar-refractivity contribution in [1.82, 2.24) is 4.98 Å². The summed E-state index contributed by atoms with van der Waals surface area (Å²) < 4.78 is 4.34. The third kappa shape index (κ3) is 2.56. The van der Waals surface area contributed by atoms with E-state index in [0.29, 0.717) is 0 Å². The zero-order valence-corrected chi connectivity index (χ0v) is 9.47. The van der Waals surface area contributed by atoms with Gasteiger partial charge in [0.05, 0.1) is 12.8 Å². The molecule has 0 fully saturated rings. The van der Waals surface area contributed by atoms with E-state index in [4.69, 9.17) is 0 Å². The molecule has 0 amide bonds. The molecule has 1 heterocycles. The van der Waals surface area contributed by atoms with Gasteiger partial charge in [-0.15, -0.1) is 0 Å². The Morgan fingerprint density at radius 1 is 1.44 bits per heavy atom. The predicted molar refractivity (Wildman–Crippen MR) is 56.7 cm³/mol. The Labute approximate surface area is 93.7 Å². The maximum Gasteiger partial charge on any atom is 0.337 e. The molecule has 1 aromatic rings. The Morgan fingerprint density at radius 2 is 2.06 bits per heavy atom. The topological polar surface area (TPSA) is 79.7 Å². The minimum atomic E-state index is -1.61. The van der Waals surface area contributed by atoms with Crippen molar-refractivity contribution in [3.63, 3.8) is 0 Å². The number of rotatable bonds is 3. The highest BCUT2D eigenvalue weighted by atomic mass is 16.5. The minimum absolute atomic E-state index is 0.281. The van der Waals surface area contributed by atoms with Crippen LogP contribution in [0.5, 0.6) is 0 Å². The van der Waals surface area contributed by atoms with Crippen LogP contribution in [0.3, 0.4) is 0 Å². The second kappa shape index (κ2) is 5.05. The van der Waals surface area contributed by atoms with Crippen molar-refractivity contribution in [2.24, 2.45) is 0 Å². The van der Waals surface area contributed by atoms with E-state index in [0.717, 1.165) is 18.2 Å². The van der Waals surface area contributed by atoms with Crippen LogP contribution in [0.1, 0.15) is 22.9 Å². The fourth-order valence-corrected chi connectivity index (χ4v) is 1.43. The lowest BCUT2D eigenvalue weighted by molar-refractivity contribution is -0.157. The lowest BCUT2D eigenvalue weighted by Gasteiger charge is -2.17. The minimum Gasteiger partial charge on any atom is -0.467 e. The fourth-order valence-electron chi connectivity index (χ4n) is 1.43. The first-order chi connectivity index (χ1) is 7.47. The highest BCUT2D eigenvalue weighted by Crippen LogP contribution is 2.19. The summed E-state index contributed by atoms with van der Waals surface area (Å²) in [6.45, 7) is 3.62. The van der Waals surface area contributed by atoms with Crippen LogP contribution in [-0.2, 0) is 9.53 Å². The van der Waals surface area contributed by atoms with E-state index in [9.17, 15) is 15.0 Å². The van der Waals surface area contributed by atoms with Gasteiger partial charge in [-0.3, -0.25) is 4.98 Å². The maximum atomic E-state index is 11.0. The normalized spacial score (nSPS) is 14.3. The highest BCUT2D eigenvalue weighted by Gasteiger charge is 2.28. The molecule has 1 aromatic heterocycles. The van der Waals surface area contributed by atoms with Crippen LogP contribution in [0.15, 0.2) is 12.3 Å². The SMILES string of the molecule is COC(=O)C(O)C(O)c1ncc(C)cc1C. The molecule has 88 valence electrons. The zero-order chi connectivity index (χ0) is 12.3. The number of ether oxygens (including phenoxy) is 1. The molecule has 0 radical (unpaired) electrons. The Balaban J connectivity index is 2.96. The van der Waals surface area contributed by atoms with Crippen molar-refractivity contribution in [2.75, 3.05) is 7.11 Å². The van der Waals surface area contributed by atoms with E-state index in [1.807, 2.05) is 13.0 Å². The highest BCUT2D eigenvalue weighted by molar-refractivity contribution is 5.75. The quantitative estimate of drug-likeness (QED) is 0.721. The van der Waals surface area contributed by atoms with E-state index in [1.165, 1.54) is 0 Å². The summed E-state index contributed by atoms with van der Waals surface area (Å²) in [5.41, 5.74) is 1.94. The van der Waals surface area contributed by atoms with Gasteiger partial charge in [-0.05, 0) is 25.0 Å². The number of aromatic nitrogens is 1. The molecule has 0 spiro atoms. The lowest BCUT2D eigenvalue weighted by atomic mass is 10.0. The van der Waals surface area contributed by atoms with Gasteiger partial charge in [-0.25, -0.2) is 4.79 Å². The Kier molecular flexibility index (Phi) is 3.98. The van der Waals surface area contributed by atoms with E-state index >= 15 is 0 Å². The van der Waals surface area contributed by atoms with E-state index in [2.05, 4.69) is 9.72 Å². The number of hydrogen-bond donors (Lipinski definition) is 2. The maximum absolute atomic E-state index is 11.0. The number of pyridine rings is 1. The van der Waals surface area contributed by atoms with E-state index in [1.54, 1.807) is 13.1 Å². The van der Waals surface area contributed by atoms with Gasteiger partial charge < -0.3 is 14.9 Å². The Bertz CT molecular complexity index is 392. The molecule has 2 N–H and O–H groups in total. The third-order valence-electron chi connectivity index (χ3n) is 2.28. The van der Waals surface area contributed by atoms with Gasteiger partial charge in [0.15, 0.2) is 6.10 Å². The first kappa shape index (κ1) is 12.6. The molecule has 5 nitrogen and oxygen atoms in total. The number of aliphatic hydroxyl groups is 2. The molecule has 0 aliphatic rings. The summed E-state index contributed by atoms with van der Waals surface area (Å²) in [7, 11) is 1.15. The summed E-state index contributed by atoms with van der Waals surface area (Å²) in [4.78, 5) is 15.0. The monoisotopic (exact) mass is 225 g/mol. The van der Waals surface area contributed by atoms with Crippen LogP contribution in [0, 0.1) is 13.8 Å². The molecule has 1 rings (SSSR count). The van der Waals surface area contributed by atoms with Crippen LogP contribution >= 0.6 is 0 Å². The van der Waals surface area contributed by atoms with Crippen molar-refractivity contribution >= 4 is 5.97 Å². The summed E-state index contributed by atoms with van der Waals surface area (Å²) in [5, 5.41) is 19.2. The van der Waals surface area contributed by atoms with Gasteiger partial charge in [-0.1, -0.05) is 6.07 Å². The summed E-state index contributed by atoms with van der Waals surface area (Å²) in [5.74, 6) is -0.880. The van der Waals surface area contributed by atoms with E-state index in [-0.39, 0.29) is 5.69 Å². The number of esters is 1. The molecule has 0 aliphatic heterocycles. The molecule has 0 aromatic carbocycles. The Hall–Kier alpha value is -1.46. The van der Waals surface area contributed by atoms with Crippen LogP contribution in [0.4, 0.5) is 0 Å². The van der Waals surface area contributed by atoms with Crippen LogP contribution in [-0.4, -0.2) is 34.4 Å². The number of hydrogen-bond acceptors (Lipinski definition) is 5. The van der Waals surface area contributed by atoms with Crippen molar-refractivity contribution in [1.29, 1.82) is 0 Å². The van der Waals surface area contributed by atoms with Crippen molar-refractivity contribution in [3.05, 3.63) is 29.1 Å². The fraction of sp³-hybridized carbons (Fsp3) is 0.455. The first-order valence-corrected chi connectivity index (χ1v) is 4.84. The molecule has 5 heteroatoms. The van der Waals surface area contributed by atoms with Gasteiger partial charge in [-0.2, -0.15) is 0 Å². The summed E-state index contributed by atoms with van der Waals surface area (Å²) in [6, 6.07) is 1.82. The standard InChI is InChI=1S/C11H15NO4/c1-6-4-7(2)8(12-5-6)9(13)10(14)11(15)16-3/h4-5,9-10,13-14H,1-3H3. The molecule has 0 saturated carbocycles. The predicted octanol–water partition coefficient (Wildman–Crippen LogP) is 0.266. The van der Waals surface area contributed by atoms with Crippen molar-refractivity contribution < 1.29 is 19.7 Å². The average Bonchev–Trinajstić information content (AvgIpc) is 2.26. The van der Waals surface area contributed by atoms with Gasteiger partial charge in [0, 0.05) is 6.20 Å². The second-order valence-electron chi connectivity index (χ2n) is 3.63. The molecular weight excluding hydrogens is 210 g/mol. The largest absolute Gasteiger partial charge is 0.467 e. The van der Waals surface area contributed by atoms with Crippen LogP contribution in [0.25, 0.3) is 0 Å². The van der Waals surface area contributed by atoms with Crippen molar-refractivity contribution in [3.8, 4) is 0 Å². The molecule has 2 unspecified atom stereocenters. The molecule has 0 aliphatic carbocycles. The first-order valence-electron chi connectivity index (χ1n) is 4.84. The van der Waals surface area contributed by atoms with E-state index < -0.39 is 18.2 Å². The number of aliphatic hydroxyl groups excluding tert-OH is 2. The lowest BCUT2D eigenvalue weighted by Crippen LogP contribution is -2.30. The zero-order valence-electron chi connectivity index (χ0n) is 9.47. The van der Waals surface area contributed by atoms with Crippen LogP contribution in [0.2, 0.25) is 0 Å². The number of methoxy groups -OCH3 is 1. The van der Waals surface area contributed by atoms with Crippen LogP contribution < -0.4 is 0 Å². The van der Waals surface area contributed by atoms with Gasteiger partial charge in [0.1, 0.15) is 6.10 Å². The molecule has 16 heavy (non-hydrogen) atoms. The van der Waals surface area contributed by atoms with Gasteiger partial charge in [0.25, 0.3) is 0 Å². The van der Waals surface area contributed by atoms with Gasteiger partial charge in [0.2, 0.25) is 0 Å². The second-order valence-corrected chi connectivity index (χ2v) is 3.63. The number of carbonyl (C=O) groups is 1. The Morgan fingerprint density at radius 3 is 2.56 bits per heavy atom. The molecule has 0 bridgehead atoms. The molecular formula is C11H15NO4. The molecule has 2 atom stereocenters. The smallest absolute Gasteiger partial charge is 0.337 e. The number of carbonyl (C=O) groups excluding carboxylic acids is 1. The average molecular weight is 225 g/mol. The number of aryl methyl sites for hydroxylation is 2.